The predicted octanol–water partition coefficient (Wildman–Crippen LogP) is 4.99. The Bertz CT molecular complexity index is 959. The second-order valence-electron chi connectivity index (χ2n) is 7.20. The average Bonchev–Trinajstić information content (AvgIpc) is 2.68. The van der Waals surface area contributed by atoms with Crippen LogP contribution in [0.5, 0.6) is 0 Å². The number of hydrogen-bond donors (Lipinski definition) is 0. The van der Waals surface area contributed by atoms with Crippen molar-refractivity contribution in [2.75, 3.05) is 0 Å². The number of aromatic nitrogens is 2. The molecule has 2 aromatic carbocycles. The Morgan fingerprint density at radius 3 is 2.70 bits per heavy atom. The van der Waals surface area contributed by atoms with Crippen molar-refractivity contribution in [2.24, 2.45) is 18.0 Å². The number of aliphatic imine (C=N–C) groups is 1. The molecule has 27 heavy (non-hydrogen) atoms. The van der Waals surface area contributed by atoms with Gasteiger partial charge in [-0.1, -0.05) is 74.4 Å². The Labute approximate surface area is 186 Å². The Morgan fingerprint density at radius 1 is 1.11 bits per heavy atom. The minimum absolute atomic E-state index is 0. The van der Waals surface area contributed by atoms with E-state index in [1.807, 2.05) is 11.6 Å². The van der Waals surface area contributed by atoms with Crippen molar-refractivity contribution >= 4 is 22.7 Å². The first kappa shape index (κ1) is 20.3. The largest absolute Gasteiger partial charge is 0.474 e. The molecule has 0 unspecified atom stereocenters. The molecule has 0 atom stereocenters. The number of nitrogens with zero attached hydrogens (tertiary/aromatic N) is 3. The van der Waals surface area contributed by atoms with Gasteiger partial charge in [0.25, 0.3) is 0 Å². The van der Waals surface area contributed by atoms with Gasteiger partial charge >= 0.3 is 0 Å². The molecular formula is C23H24N3Y-. The van der Waals surface area contributed by atoms with Crippen molar-refractivity contribution in [1.29, 1.82) is 0 Å². The summed E-state index contributed by atoms with van der Waals surface area (Å²) >= 11 is 0. The number of fused-ring (bicyclic) bond motifs is 1. The van der Waals surface area contributed by atoms with Gasteiger partial charge in [0.15, 0.2) is 6.33 Å². The van der Waals surface area contributed by atoms with Gasteiger partial charge in [0, 0.05) is 32.7 Å². The van der Waals surface area contributed by atoms with E-state index in [-0.39, 0.29) is 32.7 Å². The fourth-order valence-corrected chi connectivity index (χ4v) is 3.92. The topological polar surface area (TPSA) is 29.1 Å². The van der Waals surface area contributed by atoms with Gasteiger partial charge in [0.1, 0.15) is 0 Å². The molecule has 135 valence electrons. The monoisotopic (exact) mass is 431 g/mol. The molecular weight excluding hydrogens is 407 g/mol. The molecule has 4 rings (SSSR count). The van der Waals surface area contributed by atoms with Crippen LogP contribution in [0, 0.1) is 19.0 Å². The van der Waals surface area contributed by atoms with Crippen molar-refractivity contribution in [2.45, 2.75) is 39.0 Å². The summed E-state index contributed by atoms with van der Waals surface area (Å²) in [5.41, 5.74) is 4.26. The molecule has 0 amide bonds. The molecule has 1 heterocycles. The van der Waals surface area contributed by atoms with Gasteiger partial charge in [0.05, 0.1) is 7.05 Å². The van der Waals surface area contributed by atoms with Gasteiger partial charge < -0.3 is 9.56 Å². The maximum absolute atomic E-state index is 4.70. The molecule has 3 nitrogen and oxygen atoms in total. The molecule has 1 fully saturated rings. The van der Waals surface area contributed by atoms with Gasteiger partial charge in [-0.2, -0.15) is 6.21 Å². The van der Waals surface area contributed by atoms with Gasteiger partial charge in [-0.15, -0.1) is 5.69 Å². The minimum Gasteiger partial charge on any atom is -0.474 e. The summed E-state index contributed by atoms with van der Waals surface area (Å²) in [6, 6.07) is 12.9. The summed E-state index contributed by atoms with van der Waals surface area (Å²) in [6.07, 6.45) is 14.6. The van der Waals surface area contributed by atoms with Crippen molar-refractivity contribution < 1.29 is 37.3 Å². The Balaban J connectivity index is 0.00000210. The zero-order chi connectivity index (χ0) is 17.9. The molecule has 0 aliphatic heterocycles. The van der Waals surface area contributed by atoms with Crippen LogP contribution in [0.4, 0.5) is 5.69 Å². The van der Waals surface area contributed by atoms with Crippen LogP contribution in [0.1, 0.15) is 37.7 Å². The molecule has 1 aliphatic carbocycles. The van der Waals surface area contributed by atoms with Crippen LogP contribution in [-0.2, 0) is 39.8 Å². The van der Waals surface area contributed by atoms with E-state index >= 15 is 0 Å². The van der Waals surface area contributed by atoms with E-state index in [1.165, 1.54) is 54.0 Å². The van der Waals surface area contributed by atoms with Crippen LogP contribution in [0.3, 0.4) is 0 Å². The molecule has 3 aromatic rings. The van der Waals surface area contributed by atoms with Gasteiger partial charge in [-0.25, -0.2) is 4.98 Å². The summed E-state index contributed by atoms with van der Waals surface area (Å²) in [5.74, 6) is 0.466. The molecule has 0 bridgehead atoms. The minimum atomic E-state index is 0. The first-order valence-corrected chi connectivity index (χ1v) is 9.45. The smallest absolute Gasteiger partial charge is 0.174 e. The number of rotatable bonds is 3. The summed E-state index contributed by atoms with van der Waals surface area (Å²) in [6.45, 7) is 2.18. The van der Waals surface area contributed by atoms with Crippen LogP contribution >= 0.6 is 0 Å². The van der Waals surface area contributed by atoms with E-state index < -0.39 is 0 Å². The van der Waals surface area contributed by atoms with E-state index in [2.05, 4.69) is 60.7 Å². The Hall–Kier alpha value is -1.45. The maximum atomic E-state index is 4.70. The number of aryl methyl sites for hydroxylation is 2. The third kappa shape index (κ3) is 4.35. The normalized spacial score (nSPS) is 15.2. The molecule has 4 heteroatoms. The van der Waals surface area contributed by atoms with E-state index in [9.17, 15) is 0 Å². The van der Waals surface area contributed by atoms with E-state index in [0.29, 0.717) is 5.92 Å². The van der Waals surface area contributed by atoms with Crippen molar-refractivity contribution in [3.63, 3.8) is 0 Å². The Morgan fingerprint density at radius 2 is 1.89 bits per heavy atom. The zero-order valence-electron chi connectivity index (χ0n) is 16.1. The molecule has 0 saturated heterocycles. The maximum Gasteiger partial charge on any atom is 0.174 e. The first-order valence-electron chi connectivity index (χ1n) is 9.45. The van der Waals surface area contributed by atoms with Crippen LogP contribution in [0.15, 0.2) is 47.7 Å². The van der Waals surface area contributed by atoms with Crippen LogP contribution in [0.2, 0.25) is 0 Å². The summed E-state index contributed by atoms with van der Waals surface area (Å²) in [7, 11) is 2.02. The SMILES string of the molecule is Cc1c(-c2c(N=[C-]C3CCCCC3)[c-]nc[n+]2C)ccc2ccccc12.[Y]. The Kier molecular flexibility index (Phi) is 6.89. The number of hydrogen-bond acceptors (Lipinski definition) is 2. The molecule has 1 radical (unpaired) electrons. The quantitative estimate of drug-likeness (QED) is 0.326. The van der Waals surface area contributed by atoms with Gasteiger partial charge in [-0.3, -0.25) is 0 Å². The van der Waals surface area contributed by atoms with Crippen molar-refractivity contribution in [3.05, 3.63) is 54.5 Å². The fraction of sp³-hybridized carbons (Fsp3) is 0.348. The molecule has 0 N–H and O–H groups in total. The molecule has 1 aromatic heterocycles. The van der Waals surface area contributed by atoms with E-state index in [4.69, 9.17) is 4.99 Å². The second-order valence-corrected chi connectivity index (χ2v) is 7.20. The van der Waals surface area contributed by atoms with E-state index in [0.717, 1.165) is 11.4 Å². The van der Waals surface area contributed by atoms with Crippen LogP contribution in [0.25, 0.3) is 22.0 Å². The first-order chi connectivity index (χ1) is 12.7. The van der Waals surface area contributed by atoms with Crippen molar-refractivity contribution in [1.82, 2.24) is 4.98 Å². The van der Waals surface area contributed by atoms with Crippen LogP contribution < -0.4 is 4.57 Å². The summed E-state index contributed by atoms with van der Waals surface area (Å²) in [4.78, 5) is 8.93. The third-order valence-corrected chi connectivity index (χ3v) is 5.40. The average molecular weight is 431 g/mol. The zero-order valence-corrected chi connectivity index (χ0v) is 18.9. The van der Waals surface area contributed by atoms with Crippen LogP contribution in [-0.4, -0.2) is 11.2 Å². The van der Waals surface area contributed by atoms with Crippen molar-refractivity contribution in [3.8, 4) is 11.3 Å². The fourth-order valence-electron chi connectivity index (χ4n) is 3.92. The summed E-state index contributed by atoms with van der Waals surface area (Å²) in [5, 5.41) is 2.53. The second kappa shape index (κ2) is 9.16. The summed E-state index contributed by atoms with van der Waals surface area (Å²) < 4.78 is 2.04. The third-order valence-electron chi connectivity index (χ3n) is 5.40. The number of benzene rings is 2. The predicted molar refractivity (Wildman–Crippen MR) is 106 cm³/mol. The van der Waals surface area contributed by atoms with E-state index in [1.54, 1.807) is 6.33 Å². The standard InChI is InChI=1S/C23H24N3.Y/c1-17-20-11-7-6-10-19(20)12-13-21(17)23-22(15-24-16-26(23)2)25-14-18-8-4-3-5-9-18;/h6-7,10-13,16,18H,3-5,8-9H2,1-2H3;/q-1;. The molecule has 0 spiro atoms. The van der Waals surface area contributed by atoms with Gasteiger partial charge in [-0.05, 0) is 40.7 Å². The van der Waals surface area contributed by atoms with Gasteiger partial charge in [0.2, 0.25) is 0 Å². The molecule has 1 aliphatic rings. The molecule has 1 saturated carbocycles.